The number of ether oxygens (including phenoxy) is 2. The van der Waals surface area contributed by atoms with Crippen LogP contribution in [-0.4, -0.2) is 24.8 Å². The molecular weight excluding hydrogens is 374 g/mol. The van der Waals surface area contributed by atoms with E-state index in [1.165, 1.54) is 30.6 Å². The fraction of sp³-hybridized carbons (Fsp3) is 0.727. The second kappa shape index (κ2) is 12.2. The zero-order chi connectivity index (χ0) is 20.4. The topological polar surface area (TPSA) is 61.6 Å². The molecule has 0 aromatic carbocycles. The molecule has 0 fully saturated rings. The highest BCUT2D eigenvalue weighted by Crippen LogP contribution is 2.32. The summed E-state index contributed by atoms with van der Waals surface area (Å²) in [7, 11) is 1.75. The number of hydrogen-bond acceptors (Lipinski definition) is 6. The van der Waals surface area contributed by atoms with Crippen molar-refractivity contribution < 1.29 is 13.9 Å². The molecule has 0 saturated heterocycles. The van der Waals surface area contributed by atoms with Gasteiger partial charge in [-0.2, -0.15) is 4.98 Å². The van der Waals surface area contributed by atoms with Crippen molar-refractivity contribution in [2.75, 3.05) is 13.7 Å². The summed E-state index contributed by atoms with van der Waals surface area (Å²) in [6.45, 7) is 7.04. The number of unbranched alkanes of at least 4 members (excludes halogenated alkanes) is 5. The van der Waals surface area contributed by atoms with E-state index in [1.54, 1.807) is 18.4 Å². The Hall–Kier alpha value is -1.40. The molecule has 0 radical (unpaired) electrons. The summed E-state index contributed by atoms with van der Waals surface area (Å²) in [5.74, 6) is 0.384. The van der Waals surface area contributed by atoms with E-state index in [9.17, 15) is 4.79 Å². The van der Waals surface area contributed by atoms with Crippen LogP contribution in [0.3, 0.4) is 0 Å². The van der Waals surface area contributed by atoms with Gasteiger partial charge < -0.3 is 13.9 Å². The molecule has 0 bridgehead atoms. The normalized spacial score (nSPS) is 13.7. The van der Waals surface area contributed by atoms with Crippen molar-refractivity contribution in [3.05, 3.63) is 21.4 Å². The lowest BCUT2D eigenvalue weighted by molar-refractivity contribution is 0.108. The molecule has 0 amide bonds. The van der Waals surface area contributed by atoms with Gasteiger partial charge in [0.15, 0.2) is 0 Å². The van der Waals surface area contributed by atoms with Crippen LogP contribution in [-0.2, 0) is 4.74 Å². The number of methoxy groups -OCH3 is 1. The molecule has 6 heteroatoms. The van der Waals surface area contributed by atoms with Gasteiger partial charge in [0, 0.05) is 12.0 Å². The molecule has 0 N–H and O–H groups in total. The Kier molecular flexibility index (Phi) is 9.99. The minimum Gasteiger partial charge on any atom is -0.450 e. The van der Waals surface area contributed by atoms with Crippen LogP contribution < -0.4 is 10.4 Å². The second-order valence-electron chi connectivity index (χ2n) is 7.63. The molecule has 158 valence electrons. The van der Waals surface area contributed by atoms with E-state index < -0.39 is 0 Å². The van der Waals surface area contributed by atoms with E-state index >= 15 is 0 Å². The highest BCUT2D eigenvalue weighted by Gasteiger charge is 2.15. The molecule has 0 spiro atoms. The second-order valence-corrected chi connectivity index (χ2v) is 8.69. The van der Waals surface area contributed by atoms with Gasteiger partial charge >= 0.3 is 11.7 Å². The number of nitrogens with zero attached hydrogens (tertiary/aromatic N) is 1. The van der Waals surface area contributed by atoms with Gasteiger partial charge in [0.05, 0.1) is 18.1 Å². The molecule has 2 heterocycles. The van der Waals surface area contributed by atoms with E-state index in [0.29, 0.717) is 22.7 Å². The Labute approximate surface area is 172 Å². The molecular formula is C22H35NO4S. The molecule has 28 heavy (non-hydrogen) atoms. The monoisotopic (exact) mass is 409 g/mol. The fourth-order valence-electron chi connectivity index (χ4n) is 3.19. The first-order chi connectivity index (χ1) is 13.5. The third kappa shape index (κ3) is 7.21. The maximum Gasteiger partial charge on any atom is 0.397 e. The Balaban J connectivity index is 1.89. The third-order valence-corrected chi connectivity index (χ3v) is 6.44. The van der Waals surface area contributed by atoms with Crippen LogP contribution in [0.15, 0.2) is 15.3 Å². The highest BCUT2D eigenvalue weighted by atomic mass is 32.1. The lowest BCUT2D eigenvalue weighted by Gasteiger charge is -2.12. The van der Waals surface area contributed by atoms with Gasteiger partial charge in [0.2, 0.25) is 0 Å². The Morgan fingerprint density at radius 2 is 1.86 bits per heavy atom. The van der Waals surface area contributed by atoms with Gasteiger partial charge in [-0.1, -0.05) is 52.4 Å². The van der Waals surface area contributed by atoms with Crippen LogP contribution in [0.4, 0.5) is 0 Å². The third-order valence-electron chi connectivity index (χ3n) is 5.18. The summed E-state index contributed by atoms with van der Waals surface area (Å²) in [6, 6.07) is 1.93. The van der Waals surface area contributed by atoms with E-state index in [-0.39, 0.29) is 17.8 Å². The summed E-state index contributed by atoms with van der Waals surface area (Å²) in [5.41, 5.74) is -0.356. The summed E-state index contributed by atoms with van der Waals surface area (Å²) in [5, 5.41) is 0.559. The van der Waals surface area contributed by atoms with Crippen LogP contribution in [0.1, 0.15) is 89.4 Å². The van der Waals surface area contributed by atoms with Crippen molar-refractivity contribution in [3.63, 3.8) is 0 Å². The van der Waals surface area contributed by atoms with Crippen molar-refractivity contribution in [2.24, 2.45) is 0 Å². The maximum absolute atomic E-state index is 12.3. The van der Waals surface area contributed by atoms with Crippen molar-refractivity contribution in [1.29, 1.82) is 0 Å². The smallest absolute Gasteiger partial charge is 0.397 e. The Morgan fingerprint density at radius 3 is 2.61 bits per heavy atom. The Bertz CT molecular complexity index is 755. The van der Waals surface area contributed by atoms with E-state index in [0.717, 1.165) is 32.1 Å². The Morgan fingerprint density at radius 1 is 1.11 bits per heavy atom. The van der Waals surface area contributed by atoms with Crippen LogP contribution in [0.5, 0.6) is 6.08 Å². The molecule has 0 aliphatic rings. The summed E-state index contributed by atoms with van der Waals surface area (Å²) >= 11 is 1.57. The SMILES string of the molecule is CCCCCCCCOc1nc2sc(C(C)CCCC(C)OC)cc2c(=O)o1. The van der Waals surface area contributed by atoms with Crippen molar-refractivity contribution in [1.82, 2.24) is 4.98 Å². The maximum atomic E-state index is 12.3. The van der Waals surface area contributed by atoms with Gasteiger partial charge in [0.25, 0.3) is 0 Å². The van der Waals surface area contributed by atoms with Crippen LogP contribution in [0.2, 0.25) is 0 Å². The average Bonchev–Trinajstić information content (AvgIpc) is 3.12. The molecule has 2 aromatic rings. The summed E-state index contributed by atoms with van der Waals surface area (Å²) < 4.78 is 16.2. The van der Waals surface area contributed by atoms with Crippen molar-refractivity contribution >= 4 is 21.6 Å². The fourth-order valence-corrected chi connectivity index (χ4v) is 4.28. The lowest BCUT2D eigenvalue weighted by Crippen LogP contribution is -2.05. The van der Waals surface area contributed by atoms with Gasteiger partial charge in [-0.05, 0) is 38.2 Å². The molecule has 2 aromatic heterocycles. The van der Waals surface area contributed by atoms with E-state index in [2.05, 4.69) is 25.8 Å². The highest BCUT2D eigenvalue weighted by molar-refractivity contribution is 7.18. The standard InChI is InChI=1S/C22H35NO4S/c1-5-6-7-8-9-10-14-26-22-23-20-18(21(24)27-22)15-19(28-20)16(2)12-11-13-17(3)25-4/h15-17H,5-14H2,1-4H3. The molecule has 0 saturated carbocycles. The molecule has 2 unspecified atom stereocenters. The lowest BCUT2D eigenvalue weighted by atomic mass is 10.0. The minimum absolute atomic E-state index is 0.0982. The van der Waals surface area contributed by atoms with E-state index in [1.807, 2.05) is 6.07 Å². The van der Waals surface area contributed by atoms with Crippen LogP contribution in [0.25, 0.3) is 10.2 Å². The molecule has 0 aliphatic carbocycles. The van der Waals surface area contributed by atoms with Gasteiger partial charge in [0.1, 0.15) is 4.83 Å². The van der Waals surface area contributed by atoms with Gasteiger partial charge in [-0.15, -0.1) is 11.3 Å². The van der Waals surface area contributed by atoms with E-state index in [4.69, 9.17) is 13.9 Å². The largest absolute Gasteiger partial charge is 0.450 e. The van der Waals surface area contributed by atoms with Crippen molar-refractivity contribution in [3.8, 4) is 6.08 Å². The molecule has 2 rings (SSSR count). The number of fused-ring (bicyclic) bond motifs is 1. The molecule has 2 atom stereocenters. The number of aromatic nitrogens is 1. The number of thiophene rings is 1. The van der Waals surface area contributed by atoms with Crippen LogP contribution in [0, 0.1) is 0 Å². The number of hydrogen-bond donors (Lipinski definition) is 0. The minimum atomic E-state index is -0.356. The average molecular weight is 410 g/mol. The quantitative estimate of drug-likeness (QED) is 0.343. The van der Waals surface area contributed by atoms with Crippen LogP contribution >= 0.6 is 11.3 Å². The van der Waals surface area contributed by atoms with Gasteiger partial charge in [-0.25, -0.2) is 4.79 Å². The zero-order valence-electron chi connectivity index (χ0n) is 17.8. The van der Waals surface area contributed by atoms with Gasteiger partial charge in [-0.3, -0.25) is 0 Å². The first-order valence-electron chi connectivity index (χ1n) is 10.6. The number of rotatable bonds is 14. The summed E-state index contributed by atoms with van der Waals surface area (Å²) in [6.07, 6.45) is 10.7. The first-order valence-corrected chi connectivity index (χ1v) is 11.5. The van der Waals surface area contributed by atoms with Crippen molar-refractivity contribution in [2.45, 2.75) is 90.6 Å². The zero-order valence-corrected chi connectivity index (χ0v) is 18.6. The molecule has 5 nitrogen and oxygen atoms in total. The predicted molar refractivity (Wildman–Crippen MR) is 116 cm³/mol. The first kappa shape index (κ1) is 22.9. The predicted octanol–water partition coefficient (Wildman–Crippen LogP) is 6.30. The summed E-state index contributed by atoms with van der Waals surface area (Å²) in [4.78, 5) is 18.6. The molecule has 0 aliphatic heterocycles.